The van der Waals surface area contributed by atoms with Crippen LogP contribution in [0.3, 0.4) is 0 Å². The van der Waals surface area contributed by atoms with Crippen LogP contribution in [0.1, 0.15) is 23.7 Å². The third-order valence-electron chi connectivity index (χ3n) is 3.42. The first kappa shape index (κ1) is 15.5. The van der Waals surface area contributed by atoms with Crippen LogP contribution in [0.4, 0.5) is 0 Å². The molecule has 112 valence electrons. The maximum absolute atomic E-state index is 9.43. The molecule has 0 bridgehead atoms. The number of para-hydroxylation sites is 1. The van der Waals surface area contributed by atoms with Gasteiger partial charge in [-0.2, -0.15) is 0 Å². The van der Waals surface area contributed by atoms with Gasteiger partial charge in [-0.3, -0.25) is 0 Å². The molecule has 3 heteroatoms. The molecule has 0 radical (unpaired) electrons. The molecule has 2 aromatic rings. The van der Waals surface area contributed by atoms with Crippen molar-refractivity contribution < 1.29 is 9.84 Å². The summed E-state index contributed by atoms with van der Waals surface area (Å²) in [6.45, 7) is 0.937. The van der Waals surface area contributed by atoms with Gasteiger partial charge in [-0.25, -0.2) is 0 Å². The highest BCUT2D eigenvalue weighted by atomic mass is 16.5. The van der Waals surface area contributed by atoms with Crippen LogP contribution in [0.5, 0.6) is 5.75 Å². The lowest BCUT2D eigenvalue weighted by Gasteiger charge is -2.22. The molecule has 0 heterocycles. The molecule has 0 amide bonds. The van der Waals surface area contributed by atoms with Crippen LogP contribution in [0.2, 0.25) is 0 Å². The molecule has 3 nitrogen and oxygen atoms in total. The van der Waals surface area contributed by atoms with Gasteiger partial charge in [0.2, 0.25) is 0 Å². The van der Waals surface area contributed by atoms with Gasteiger partial charge in [0.05, 0.1) is 6.61 Å². The number of benzene rings is 2. The van der Waals surface area contributed by atoms with Crippen molar-refractivity contribution in [3.8, 4) is 5.75 Å². The van der Waals surface area contributed by atoms with Crippen LogP contribution in [0, 0.1) is 0 Å². The topological polar surface area (TPSA) is 32.7 Å². The minimum absolute atomic E-state index is 0.00857. The molecule has 0 fully saturated rings. The van der Waals surface area contributed by atoms with Crippen LogP contribution in [0.15, 0.2) is 54.6 Å². The first-order valence-electron chi connectivity index (χ1n) is 7.26. The highest BCUT2D eigenvalue weighted by Crippen LogP contribution is 2.27. The summed E-state index contributed by atoms with van der Waals surface area (Å²) in [5.41, 5.74) is 1.98. The number of hydrogen-bond acceptors (Lipinski definition) is 3. The summed E-state index contributed by atoms with van der Waals surface area (Å²) in [6.07, 6.45) is 0.887. The van der Waals surface area contributed by atoms with Crippen LogP contribution < -0.4 is 4.74 Å². The predicted molar refractivity (Wildman–Crippen MR) is 85.3 cm³/mol. The molecule has 2 aromatic carbocycles. The van der Waals surface area contributed by atoms with Crippen molar-refractivity contribution >= 4 is 0 Å². The molecule has 1 N–H and O–H groups in total. The maximum atomic E-state index is 9.43. The Bertz CT molecular complexity index is 540. The summed E-state index contributed by atoms with van der Waals surface area (Å²) in [7, 11) is 4.12. The van der Waals surface area contributed by atoms with Crippen LogP contribution in [-0.4, -0.2) is 30.6 Å². The second kappa shape index (κ2) is 7.81. The first-order valence-corrected chi connectivity index (χ1v) is 7.26. The average Bonchev–Trinajstić information content (AvgIpc) is 2.52. The molecule has 0 saturated carbocycles. The van der Waals surface area contributed by atoms with E-state index in [1.165, 1.54) is 0 Å². The van der Waals surface area contributed by atoms with E-state index >= 15 is 0 Å². The fraction of sp³-hybridized carbons (Fsp3) is 0.333. The van der Waals surface area contributed by atoms with Crippen molar-refractivity contribution in [2.75, 3.05) is 20.6 Å². The fourth-order valence-corrected chi connectivity index (χ4v) is 2.24. The van der Waals surface area contributed by atoms with Crippen molar-refractivity contribution in [2.45, 2.75) is 19.1 Å². The minimum atomic E-state index is -0.0127. The molecule has 2 rings (SSSR count). The van der Waals surface area contributed by atoms with Gasteiger partial charge in [-0.15, -0.1) is 0 Å². The molecular formula is C18H23NO2. The summed E-state index contributed by atoms with van der Waals surface area (Å²) in [4.78, 5) is 2.15. The number of ether oxygens (including phenoxy) is 1. The Morgan fingerprint density at radius 2 is 1.67 bits per heavy atom. The fourth-order valence-electron chi connectivity index (χ4n) is 2.24. The molecule has 1 atom stereocenters. The zero-order chi connectivity index (χ0) is 15.1. The van der Waals surface area contributed by atoms with Crippen molar-refractivity contribution in [2.24, 2.45) is 0 Å². The van der Waals surface area contributed by atoms with E-state index in [4.69, 9.17) is 4.74 Å². The second-order valence-corrected chi connectivity index (χ2v) is 5.37. The van der Waals surface area contributed by atoms with Crippen molar-refractivity contribution in [3.05, 3.63) is 65.7 Å². The molecule has 0 aliphatic heterocycles. The monoisotopic (exact) mass is 285 g/mol. The highest BCUT2D eigenvalue weighted by molar-refractivity contribution is 5.33. The van der Waals surface area contributed by atoms with E-state index in [0.717, 1.165) is 29.8 Å². The molecule has 0 aromatic heterocycles. The smallest absolute Gasteiger partial charge is 0.125 e. The lowest BCUT2D eigenvalue weighted by atomic mass is 10.1. The Morgan fingerprint density at radius 1 is 1.00 bits per heavy atom. The number of rotatable bonds is 7. The van der Waals surface area contributed by atoms with Gasteiger partial charge in [0.25, 0.3) is 0 Å². The molecule has 0 aliphatic carbocycles. The Labute approximate surface area is 126 Å². The molecule has 0 aliphatic rings. The summed E-state index contributed by atoms with van der Waals surface area (Å²) in [5, 5.41) is 9.43. The second-order valence-electron chi connectivity index (χ2n) is 5.37. The maximum Gasteiger partial charge on any atom is 0.125 e. The molecule has 0 spiro atoms. The van der Waals surface area contributed by atoms with Gasteiger partial charge >= 0.3 is 0 Å². The third-order valence-corrected chi connectivity index (χ3v) is 3.42. The summed E-state index contributed by atoms with van der Waals surface area (Å²) in [5.74, 6) is 0.757. The standard InChI is InChI=1S/C18H23NO2/c1-19(2)13-12-18(15-8-4-3-5-9-15)21-17-11-7-6-10-16(17)14-20/h3-11,18,20H,12-14H2,1-2H3/t18-/m1/s1. The number of aliphatic hydroxyl groups excluding tert-OH is 1. The highest BCUT2D eigenvalue weighted by Gasteiger charge is 2.15. The first-order chi connectivity index (χ1) is 10.2. The summed E-state index contributed by atoms with van der Waals surface area (Å²) >= 11 is 0. The molecule has 0 saturated heterocycles. The van der Waals surface area contributed by atoms with Crippen molar-refractivity contribution in [1.82, 2.24) is 4.90 Å². The van der Waals surface area contributed by atoms with Crippen LogP contribution in [-0.2, 0) is 6.61 Å². The van der Waals surface area contributed by atoms with E-state index in [2.05, 4.69) is 31.1 Å². The van der Waals surface area contributed by atoms with Gasteiger partial charge in [-0.1, -0.05) is 48.5 Å². The number of hydrogen-bond donors (Lipinski definition) is 1. The zero-order valence-corrected chi connectivity index (χ0v) is 12.7. The molecule has 21 heavy (non-hydrogen) atoms. The van der Waals surface area contributed by atoms with E-state index in [1.54, 1.807) is 0 Å². The quantitative estimate of drug-likeness (QED) is 0.847. The molecular weight excluding hydrogens is 262 g/mol. The van der Waals surface area contributed by atoms with Crippen molar-refractivity contribution in [3.63, 3.8) is 0 Å². The Balaban J connectivity index is 2.19. The van der Waals surface area contributed by atoms with Gasteiger partial charge in [0, 0.05) is 18.5 Å². The van der Waals surface area contributed by atoms with Gasteiger partial charge < -0.3 is 14.7 Å². The van der Waals surface area contributed by atoms with Crippen LogP contribution >= 0.6 is 0 Å². The lowest BCUT2D eigenvalue weighted by molar-refractivity contribution is 0.173. The van der Waals surface area contributed by atoms with E-state index in [-0.39, 0.29) is 12.7 Å². The lowest BCUT2D eigenvalue weighted by Crippen LogP contribution is -2.19. The largest absolute Gasteiger partial charge is 0.485 e. The normalized spacial score (nSPS) is 12.4. The number of aliphatic hydroxyl groups is 1. The summed E-state index contributed by atoms with van der Waals surface area (Å²) in [6, 6.07) is 17.9. The Hall–Kier alpha value is -1.84. The van der Waals surface area contributed by atoms with E-state index in [0.29, 0.717) is 0 Å². The SMILES string of the molecule is CN(C)CC[C@@H](Oc1ccccc1CO)c1ccccc1. The molecule has 0 unspecified atom stereocenters. The van der Waals surface area contributed by atoms with Gasteiger partial charge in [-0.05, 0) is 25.7 Å². The zero-order valence-electron chi connectivity index (χ0n) is 12.7. The third kappa shape index (κ3) is 4.59. The average molecular weight is 285 g/mol. The Kier molecular flexibility index (Phi) is 5.78. The minimum Gasteiger partial charge on any atom is -0.485 e. The van der Waals surface area contributed by atoms with Crippen LogP contribution in [0.25, 0.3) is 0 Å². The van der Waals surface area contributed by atoms with Gasteiger partial charge in [0.15, 0.2) is 0 Å². The van der Waals surface area contributed by atoms with Crippen molar-refractivity contribution in [1.29, 1.82) is 0 Å². The predicted octanol–water partition coefficient (Wildman–Crippen LogP) is 3.25. The number of nitrogens with zero attached hydrogens (tertiary/aromatic N) is 1. The van der Waals surface area contributed by atoms with E-state index in [9.17, 15) is 5.11 Å². The van der Waals surface area contributed by atoms with E-state index in [1.807, 2.05) is 42.5 Å². The summed E-state index contributed by atoms with van der Waals surface area (Å²) < 4.78 is 6.19. The van der Waals surface area contributed by atoms with E-state index < -0.39 is 0 Å². The van der Waals surface area contributed by atoms with Gasteiger partial charge in [0.1, 0.15) is 11.9 Å². The Morgan fingerprint density at radius 3 is 2.33 bits per heavy atom.